The number of guanidine groups is 1. The number of nitrogens with one attached hydrogen (secondary N) is 3. The molecular formula is C24H33N5O2. The van der Waals surface area contributed by atoms with E-state index in [0.717, 1.165) is 31.1 Å². The lowest BCUT2D eigenvalue weighted by Crippen LogP contribution is -2.43. The first-order valence-corrected chi connectivity index (χ1v) is 10.9. The van der Waals surface area contributed by atoms with Crippen molar-refractivity contribution in [1.82, 2.24) is 15.5 Å². The van der Waals surface area contributed by atoms with Gasteiger partial charge in [-0.1, -0.05) is 30.3 Å². The van der Waals surface area contributed by atoms with Crippen molar-refractivity contribution in [3.63, 3.8) is 0 Å². The summed E-state index contributed by atoms with van der Waals surface area (Å²) in [7, 11) is 1.69. The summed E-state index contributed by atoms with van der Waals surface area (Å²) in [6.07, 6.45) is 2.43. The number of anilines is 1. The van der Waals surface area contributed by atoms with Gasteiger partial charge in [-0.3, -0.25) is 9.69 Å². The SMILES string of the molecule is CCNC(=NCC(=O)Nc1ccccc1)NCC(c1cccc(OC)c1)N1CCCC1. The maximum absolute atomic E-state index is 12.3. The molecule has 3 N–H and O–H groups in total. The van der Waals surface area contributed by atoms with Gasteiger partial charge in [0.05, 0.1) is 13.2 Å². The average molecular weight is 424 g/mol. The summed E-state index contributed by atoms with van der Waals surface area (Å²) in [4.78, 5) is 19.2. The highest BCUT2D eigenvalue weighted by atomic mass is 16.5. The van der Waals surface area contributed by atoms with Gasteiger partial charge < -0.3 is 20.7 Å². The van der Waals surface area contributed by atoms with Gasteiger partial charge in [0.25, 0.3) is 0 Å². The quantitative estimate of drug-likeness (QED) is 0.427. The van der Waals surface area contributed by atoms with Crippen molar-refractivity contribution in [3.8, 4) is 5.75 Å². The van der Waals surface area contributed by atoms with E-state index in [-0.39, 0.29) is 18.5 Å². The summed E-state index contributed by atoms with van der Waals surface area (Å²) in [6.45, 7) is 5.64. The van der Waals surface area contributed by atoms with Crippen molar-refractivity contribution in [3.05, 3.63) is 60.2 Å². The zero-order chi connectivity index (χ0) is 21.9. The molecule has 2 aromatic rings. The van der Waals surface area contributed by atoms with Crippen LogP contribution in [0, 0.1) is 0 Å². The summed E-state index contributed by atoms with van der Waals surface area (Å²) in [5.74, 6) is 1.35. The van der Waals surface area contributed by atoms with Gasteiger partial charge in [0.2, 0.25) is 5.91 Å². The molecule has 1 amide bonds. The highest BCUT2D eigenvalue weighted by Crippen LogP contribution is 2.27. The molecule has 0 aromatic heterocycles. The molecule has 1 atom stereocenters. The molecule has 0 saturated carbocycles. The summed E-state index contributed by atoms with van der Waals surface area (Å²) >= 11 is 0. The third-order valence-electron chi connectivity index (χ3n) is 5.31. The van der Waals surface area contributed by atoms with E-state index in [9.17, 15) is 4.79 Å². The summed E-state index contributed by atoms with van der Waals surface area (Å²) in [5.41, 5.74) is 1.99. The molecule has 2 aromatic carbocycles. The fourth-order valence-corrected chi connectivity index (χ4v) is 3.77. The van der Waals surface area contributed by atoms with Crippen LogP contribution >= 0.6 is 0 Å². The van der Waals surface area contributed by atoms with E-state index in [0.29, 0.717) is 12.5 Å². The number of rotatable bonds is 9. The van der Waals surface area contributed by atoms with Crippen molar-refractivity contribution in [2.24, 2.45) is 4.99 Å². The Bertz CT molecular complexity index is 850. The fourth-order valence-electron chi connectivity index (χ4n) is 3.77. The number of aliphatic imine (C=N–C) groups is 1. The van der Waals surface area contributed by atoms with Crippen molar-refractivity contribution in [2.45, 2.75) is 25.8 Å². The molecule has 3 rings (SSSR count). The number of benzene rings is 2. The van der Waals surface area contributed by atoms with E-state index in [1.54, 1.807) is 7.11 Å². The number of amides is 1. The van der Waals surface area contributed by atoms with E-state index in [2.05, 4.69) is 38.0 Å². The lowest BCUT2D eigenvalue weighted by atomic mass is 10.1. The molecule has 0 bridgehead atoms. The molecule has 1 saturated heterocycles. The molecule has 1 heterocycles. The second-order valence-corrected chi connectivity index (χ2v) is 7.53. The normalized spacial score (nSPS) is 15.4. The van der Waals surface area contributed by atoms with Crippen LogP contribution in [-0.4, -0.2) is 56.6 Å². The van der Waals surface area contributed by atoms with Gasteiger partial charge in [-0.25, -0.2) is 4.99 Å². The molecule has 1 aliphatic rings. The molecule has 166 valence electrons. The zero-order valence-corrected chi connectivity index (χ0v) is 18.4. The number of ether oxygens (including phenoxy) is 1. The number of hydrogen-bond acceptors (Lipinski definition) is 4. The lowest BCUT2D eigenvalue weighted by molar-refractivity contribution is -0.114. The van der Waals surface area contributed by atoms with Crippen molar-refractivity contribution >= 4 is 17.6 Å². The first kappa shape index (κ1) is 22.6. The smallest absolute Gasteiger partial charge is 0.246 e. The minimum atomic E-state index is -0.146. The number of carbonyl (C=O) groups is 1. The molecule has 1 aliphatic heterocycles. The predicted molar refractivity (Wildman–Crippen MR) is 126 cm³/mol. The molecule has 31 heavy (non-hydrogen) atoms. The zero-order valence-electron chi connectivity index (χ0n) is 18.4. The Morgan fingerprint density at radius 2 is 1.87 bits per heavy atom. The van der Waals surface area contributed by atoms with Crippen LogP contribution in [0.3, 0.4) is 0 Å². The Hall–Kier alpha value is -3.06. The minimum absolute atomic E-state index is 0.0533. The lowest BCUT2D eigenvalue weighted by Gasteiger charge is -2.29. The minimum Gasteiger partial charge on any atom is -0.497 e. The fraction of sp³-hybridized carbons (Fsp3) is 0.417. The third kappa shape index (κ3) is 7.00. The van der Waals surface area contributed by atoms with Gasteiger partial charge in [0.15, 0.2) is 5.96 Å². The van der Waals surface area contributed by atoms with Crippen LogP contribution < -0.4 is 20.7 Å². The van der Waals surface area contributed by atoms with Gasteiger partial charge in [0, 0.05) is 18.8 Å². The predicted octanol–water partition coefficient (Wildman–Crippen LogP) is 3.03. The van der Waals surface area contributed by atoms with E-state index in [1.807, 2.05) is 49.4 Å². The van der Waals surface area contributed by atoms with Gasteiger partial charge in [-0.2, -0.15) is 0 Å². The van der Waals surface area contributed by atoms with E-state index < -0.39 is 0 Å². The van der Waals surface area contributed by atoms with Crippen LogP contribution in [0.2, 0.25) is 0 Å². The van der Waals surface area contributed by atoms with Crippen molar-refractivity contribution in [1.29, 1.82) is 0 Å². The van der Waals surface area contributed by atoms with E-state index in [4.69, 9.17) is 4.74 Å². The van der Waals surface area contributed by atoms with Crippen LogP contribution in [0.4, 0.5) is 5.69 Å². The highest BCUT2D eigenvalue weighted by Gasteiger charge is 2.24. The number of nitrogens with zero attached hydrogens (tertiary/aromatic N) is 2. The molecule has 0 radical (unpaired) electrons. The number of carbonyl (C=O) groups excluding carboxylic acids is 1. The maximum atomic E-state index is 12.3. The molecule has 7 heteroatoms. The second-order valence-electron chi connectivity index (χ2n) is 7.53. The number of para-hydroxylation sites is 1. The first-order chi connectivity index (χ1) is 15.2. The summed E-state index contributed by atoms with van der Waals surface area (Å²) in [5, 5.41) is 9.53. The van der Waals surface area contributed by atoms with E-state index in [1.165, 1.54) is 18.4 Å². The molecular weight excluding hydrogens is 390 g/mol. The van der Waals surface area contributed by atoms with Crippen molar-refractivity contribution < 1.29 is 9.53 Å². The van der Waals surface area contributed by atoms with Crippen LogP contribution in [-0.2, 0) is 4.79 Å². The molecule has 1 unspecified atom stereocenters. The Morgan fingerprint density at radius 3 is 2.58 bits per heavy atom. The van der Waals surface area contributed by atoms with Gasteiger partial charge in [-0.05, 0) is 62.7 Å². The van der Waals surface area contributed by atoms with Crippen molar-refractivity contribution in [2.75, 3.05) is 45.2 Å². The van der Waals surface area contributed by atoms with Crippen LogP contribution in [0.1, 0.15) is 31.4 Å². The summed E-state index contributed by atoms with van der Waals surface area (Å²) < 4.78 is 5.43. The number of methoxy groups -OCH3 is 1. The third-order valence-corrected chi connectivity index (χ3v) is 5.31. The molecule has 0 spiro atoms. The summed E-state index contributed by atoms with van der Waals surface area (Å²) in [6, 6.07) is 17.9. The van der Waals surface area contributed by atoms with Crippen LogP contribution in [0.25, 0.3) is 0 Å². The Labute approximate surface area is 184 Å². The Kier molecular flexibility index (Phi) is 8.72. The Balaban J connectivity index is 1.64. The average Bonchev–Trinajstić information content (AvgIpc) is 3.33. The Morgan fingerprint density at radius 1 is 1.10 bits per heavy atom. The largest absolute Gasteiger partial charge is 0.497 e. The molecule has 0 aliphatic carbocycles. The topological polar surface area (TPSA) is 78.0 Å². The van der Waals surface area contributed by atoms with Gasteiger partial charge in [0.1, 0.15) is 12.3 Å². The number of likely N-dealkylation sites (tertiary alicyclic amines) is 1. The van der Waals surface area contributed by atoms with Gasteiger partial charge in [-0.15, -0.1) is 0 Å². The first-order valence-electron chi connectivity index (χ1n) is 10.9. The highest BCUT2D eigenvalue weighted by molar-refractivity contribution is 5.94. The van der Waals surface area contributed by atoms with Gasteiger partial charge >= 0.3 is 0 Å². The maximum Gasteiger partial charge on any atom is 0.246 e. The van der Waals surface area contributed by atoms with Crippen LogP contribution in [0.15, 0.2) is 59.6 Å². The van der Waals surface area contributed by atoms with Crippen LogP contribution in [0.5, 0.6) is 5.75 Å². The van der Waals surface area contributed by atoms with E-state index >= 15 is 0 Å². The molecule has 7 nitrogen and oxygen atoms in total. The second kappa shape index (κ2) is 12.0. The molecule has 1 fully saturated rings. The standard InChI is InChI=1S/C24H33N5O2/c1-3-25-24(27-18-23(30)28-20-11-5-4-6-12-20)26-17-22(29-14-7-8-15-29)19-10-9-13-21(16-19)31-2/h4-6,9-13,16,22H,3,7-8,14-15,17-18H2,1-2H3,(H,28,30)(H2,25,26,27). The number of hydrogen-bond donors (Lipinski definition) is 3. The monoisotopic (exact) mass is 423 g/mol.